The van der Waals surface area contributed by atoms with E-state index in [-0.39, 0.29) is 5.56 Å². The van der Waals surface area contributed by atoms with Gasteiger partial charge in [0.25, 0.3) is 5.56 Å². The maximum absolute atomic E-state index is 11.2. The molecule has 2 aromatic heterocycles. The van der Waals surface area contributed by atoms with Gasteiger partial charge in [-0.15, -0.1) is 0 Å². The lowest BCUT2D eigenvalue weighted by atomic mass is 10.3. The third kappa shape index (κ3) is 0.887. The van der Waals surface area contributed by atoms with E-state index in [9.17, 15) is 4.79 Å². The summed E-state index contributed by atoms with van der Waals surface area (Å²) in [7, 11) is 1.80. The molecule has 0 atom stereocenters. The summed E-state index contributed by atoms with van der Waals surface area (Å²) in [5, 5.41) is 3.62. The third-order valence-corrected chi connectivity index (χ3v) is 1.83. The summed E-state index contributed by atoms with van der Waals surface area (Å²) in [6.45, 7) is 0. The second-order valence-electron chi connectivity index (χ2n) is 2.57. The Morgan fingerprint density at radius 1 is 1.50 bits per heavy atom. The number of hydrogen-bond acceptors (Lipinski definition) is 2. The number of fused-ring (bicyclic) bond motifs is 1. The van der Waals surface area contributed by atoms with Crippen LogP contribution < -0.4 is 10.9 Å². The van der Waals surface area contributed by atoms with Crippen molar-refractivity contribution < 1.29 is 0 Å². The van der Waals surface area contributed by atoms with Gasteiger partial charge in [-0.2, -0.15) is 0 Å². The Labute approximate surface area is 68.6 Å². The molecule has 0 amide bonds. The normalized spacial score (nSPS) is 10.4. The van der Waals surface area contributed by atoms with Gasteiger partial charge in [-0.05, 0) is 12.1 Å². The van der Waals surface area contributed by atoms with Crippen LogP contribution in [-0.2, 0) is 0 Å². The molecule has 62 valence electrons. The average molecular weight is 163 g/mol. The molecule has 12 heavy (non-hydrogen) atoms. The first kappa shape index (κ1) is 6.97. The van der Waals surface area contributed by atoms with E-state index >= 15 is 0 Å². The van der Waals surface area contributed by atoms with Crippen LogP contribution in [0.3, 0.4) is 0 Å². The van der Waals surface area contributed by atoms with Crippen molar-refractivity contribution >= 4 is 16.7 Å². The third-order valence-electron chi connectivity index (χ3n) is 1.83. The molecule has 0 saturated carbocycles. The quantitative estimate of drug-likeness (QED) is 0.584. The summed E-state index contributed by atoms with van der Waals surface area (Å²) < 4.78 is 0. The lowest BCUT2D eigenvalue weighted by molar-refractivity contribution is 1.27. The lowest BCUT2D eigenvalue weighted by Gasteiger charge is -1.89. The summed E-state index contributed by atoms with van der Waals surface area (Å²) in [6.07, 6.45) is 1.63. The molecule has 0 aliphatic heterocycles. The summed E-state index contributed by atoms with van der Waals surface area (Å²) >= 11 is 0. The van der Waals surface area contributed by atoms with Crippen molar-refractivity contribution in [2.24, 2.45) is 0 Å². The van der Waals surface area contributed by atoms with Crippen LogP contribution in [0.2, 0.25) is 0 Å². The zero-order valence-corrected chi connectivity index (χ0v) is 6.64. The molecule has 0 aliphatic carbocycles. The number of aromatic amines is 2. The summed E-state index contributed by atoms with van der Waals surface area (Å²) in [5.41, 5.74) is 0.786. The van der Waals surface area contributed by atoms with Crippen LogP contribution >= 0.6 is 0 Å². The lowest BCUT2D eigenvalue weighted by Crippen LogP contribution is -2.02. The van der Waals surface area contributed by atoms with Crippen LogP contribution in [0.4, 0.5) is 5.82 Å². The van der Waals surface area contributed by atoms with Crippen LogP contribution in [0.1, 0.15) is 0 Å². The Bertz CT molecular complexity index is 455. The zero-order chi connectivity index (χ0) is 8.55. The summed E-state index contributed by atoms with van der Waals surface area (Å²) in [6, 6.07) is 3.62. The monoisotopic (exact) mass is 163 g/mol. The van der Waals surface area contributed by atoms with Crippen LogP contribution in [-0.4, -0.2) is 17.0 Å². The van der Waals surface area contributed by atoms with Gasteiger partial charge < -0.3 is 15.3 Å². The summed E-state index contributed by atoms with van der Waals surface area (Å²) in [4.78, 5) is 16.9. The van der Waals surface area contributed by atoms with Crippen molar-refractivity contribution in [3.05, 3.63) is 28.7 Å². The predicted molar refractivity (Wildman–Crippen MR) is 48.5 cm³/mol. The minimum absolute atomic E-state index is 0.0646. The second-order valence-corrected chi connectivity index (χ2v) is 2.57. The van der Waals surface area contributed by atoms with Crippen molar-refractivity contribution in [2.45, 2.75) is 0 Å². The molecule has 2 rings (SSSR count). The highest BCUT2D eigenvalue weighted by atomic mass is 16.1. The number of aromatic nitrogens is 2. The Hall–Kier alpha value is -1.71. The van der Waals surface area contributed by atoms with Gasteiger partial charge in [0.2, 0.25) is 0 Å². The molecule has 4 heteroatoms. The van der Waals surface area contributed by atoms with Crippen molar-refractivity contribution in [3.8, 4) is 0 Å². The highest BCUT2D eigenvalue weighted by Gasteiger charge is 2.00. The number of hydrogen-bond donors (Lipinski definition) is 3. The maximum atomic E-state index is 11.2. The molecule has 4 nitrogen and oxygen atoms in total. The minimum atomic E-state index is -0.0646. The molecular weight excluding hydrogens is 154 g/mol. The highest BCUT2D eigenvalue weighted by molar-refractivity contribution is 5.82. The van der Waals surface area contributed by atoms with E-state index in [4.69, 9.17) is 0 Å². The van der Waals surface area contributed by atoms with E-state index in [2.05, 4.69) is 15.3 Å². The van der Waals surface area contributed by atoms with Crippen molar-refractivity contribution in [2.75, 3.05) is 12.4 Å². The van der Waals surface area contributed by atoms with Crippen molar-refractivity contribution in [3.63, 3.8) is 0 Å². The summed E-state index contributed by atoms with van der Waals surface area (Å²) in [5.74, 6) is 0.849. The van der Waals surface area contributed by atoms with E-state index in [1.165, 1.54) is 0 Å². The molecule has 2 heterocycles. The minimum Gasteiger partial charge on any atom is -0.375 e. The van der Waals surface area contributed by atoms with Gasteiger partial charge in [0.15, 0.2) is 0 Å². The molecule has 0 aliphatic rings. The van der Waals surface area contributed by atoms with Crippen LogP contribution in [0.5, 0.6) is 0 Å². The molecule has 0 unspecified atom stereocenters. The zero-order valence-electron chi connectivity index (χ0n) is 6.64. The van der Waals surface area contributed by atoms with Crippen LogP contribution in [0.15, 0.2) is 23.1 Å². The number of rotatable bonds is 1. The number of anilines is 1. The van der Waals surface area contributed by atoms with E-state index in [0.717, 1.165) is 11.3 Å². The van der Waals surface area contributed by atoms with Crippen molar-refractivity contribution in [1.82, 2.24) is 9.97 Å². The van der Waals surface area contributed by atoms with Crippen molar-refractivity contribution in [1.29, 1.82) is 0 Å². The average Bonchev–Trinajstić information content (AvgIpc) is 2.49. The van der Waals surface area contributed by atoms with E-state index in [0.29, 0.717) is 5.39 Å². The number of nitrogens with one attached hydrogen (secondary N) is 3. The van der Waals surface area contributed by atoms with E-state index in [1.54, 1.807) is 19.3 Å². The Kier molecular flexibility index (Phi) is 1.40. The standard InChI is InChI=1S/C8H9N3O/c1-9-7-4-5-6(11-7)2-3-10-8(5)12/h2-4,9,11H,1H3,(H,10,12). The van der Waals surface area contributed by atoms with Crippen LogP contribution in [0, 0.1) is 0 Å². The first-order valence-electron chi connectivity index (χ1n) is 3.69. The van der Waals surface area contributed by atoms with Gasteiger partial charge in [0.1, 0.15) is 5.82 Å². The molecule has 0 bridgehead atoms. The largest absolute Gasteiger partial charge is 0.375 e. The second kappa shape index (κ2) is 2.41. The van der Waals surface area contributed by atoms with Crippen LogP contribution in [0.25, 0.3) is 10.9 Å². The van der Waals surface area contributed by atoms with Gasteiger partial charge in [0.05, 0.1) is 10.9 Å². The molecule has 0 radical (unpaired) electrons. The molecular formula is C8H9N3O. The first-order valence-corrected chi connectivity index (χ1v) is 3.69. The van der Waals surface area contributed by atoms with E-state index in [1.807, 2.05) is 6.07 Å². The van der Waals surface area contributed by atoms with Gasteiger partial charge in [-0.3, -0.25) is 4.79 Å². The molecule has 2 aromatic rings. The molecule has 0 spiro atoms. The Balaban J connectivity index is 2.83. The number of pyridine rings is 1. The maximum Gasteiger partial charge on any atom is 0.257 e. The molecule has 3 N–H and O–H groups in total. The van der Waals surface area contributed by atoms with Gasteiger partial charge >= 0.3 is 0 Å². The molecule has 0 aromatic carbocycles. The topological polar surface area (TPSA) is 60.7 Å². The van der Waals surface area contributed by atoms with Gasteiger partial charge in [-0.25, -0.2) is 0 Å². The fraction of sp³-hybridized carbons (Fsp3) is 0.125. The fourth-order valence-corrected chi connectivity index (χ4v) is 1.20. The Morgan fingerprint density at radius 3 is 3.00 bits per heavy atom. The molecule has 0 fully saturated rings. The van der Waals surface area contributed by atoms with E-state index < -0.39 is 0 Å². The first-order chi connectivity index (χ1) is 5.81. The van der Waals surface area contributed by atoms with Gasteiger partial charge in [-0.1, -0.05) is 0 Å². The number of H-pyrrole nitrogens is 2. The highest BCUT2D eigenvalue weighted by Crippen LogP contribution is 2.12. The molecule has 0 saturated heterocycles. The SMILES string of the molecule is CNc1cc2c(=O)[nH]ccc2[nH]1. The smallest absolute Gasteiger partial charge is 0.257 e. The fourth-order valence-electron chi connectivity index (χ4n) is 1.20. The van der Waals surface area contributed by atoms with Gasteiger partial charge in [0, 0.05) is 13.2 Å². The Morgan fingerprint density at radius 2 is 2.33 bits per heavy atom. The predicted octanol–water partition coefficient (Wildman–Crippen LogP) is 0.898.